The zero-order chi connectivity index (χ0) is 19.4. The van der Waals surface area contributed by atoms with Crippen molar-refractivity contribution < 1.29 is 9.59 Å². The number of nitrogens with zero attached hydrogens (tertiary/aromatic N) is 3. The van der Waals surface area contributed by atoms with Gasteiger partial charge in [-0.1, -0.05) is 6.07 Å². The predicted octanol–water partition coefficient (Wildman–Crippen LogP) is 2.99. The highest BCUT2D eigenvalue weighted by Crippen LogP contribution is 2.25. The van der Waals surface area contributed by atoms with E-state index in [1.54, 1.807) is 17.0 Å². The molecular weight excluding hydrogens is 340 g/mol. The van der Waals surface area contributed by atoms with Gasteiger partial charge in [0.1, 0.15) is 0 Å². The summed E-state index contributed by atoms with van der Waals surface area (Å²) in [4.78, 5) is 29.0. The molecule has 0 saturated heterocycles. The van der Waals surface area contributed by atoms with E-state index in [0.29, 0.717) is 30.9 Å². The molecule has 1 aliphatic heterocycles. The molecule has 1 atom stereocenters. The first kappa shape index (κ1) is 19.2. The molecule has 1 aromatic heterocycles. The maximum Gasteiger partial charge on any atom is 0.253 e. The zero-order valence-electron chi connectivity index (χ0n) is 16.3. The van der Waals surface area contributed by atoms with E-state index in [0.717, 1.165) is 13.1 Å². The Bertz CT molecular complexity index is 810. The second kappa shape index (κ2) is 8.39. The molecule has 0 fully saturated rings. The maximum absolute atomic E-state index is 12.5. The Kier molecular flexibility index (Phi) is 5.96. The molecule has 1 N–H and O–H groups in total. The van der Waals surface area contributed by atoms with E-state index in [1.165, 1.54) is 5.69 Å². The third kappa shape index (κ3) is 4.22. The first-order valence-electron chi connectivity index (χ1n) is 9.61. The molecule has 3 rings (SSSR count). The number of nitrogens with one attached hydrogen (secondary N) is 1. The van der Waals surface area contributed by atoms with Crippen LogP contribution in [0.25, 0.3) is 0 Å². The second-order valence-electron chi connectivity index (χ2n) is 6.88. The van der Waals surface area contributed by atoms with Gasteiger partial charge >= 0.3 is 0 Å². The first-order valence-corrected chi connectivity index (χ1v) is 9.61. The van der Waals surface area contributed by atoms with E-state index in [-0.39, 0.29) is 17.9 Å². The Balaban J connectivity index is 1.63. The normalized spacial score (nSPS) is 16.6. The highest BCUT2D eigenvalue weighted by Gasteiger charge is 2.25. The van der Waals surface area contributed by atoms with Crippen LogP contribution in [0.4, 0.5) is 5.69 Å². The van der Waals surface area contributed by atoms with Crippen LogP contribution in [0.3, 0.4) is 0 Å². The summed E-state index contributed by atoms with van der Waals surface area (Å²) in [6, 6.07) is 11.5. The summed E-state index contributed by atoms with van der Waals surface area (Å²) in [6.07, 6.45) is 2.08. The van der Waals surface area contributed by atoms with Gasteiger partial charge in [0, 0.05) is 55.4 Å². The highest BCUT2D eigenvalue weighted by atomic mass is 16.2. The minimum absolute atomic E-state index is 0.0125. The fourth-order valence-electron chi connectivity index (χ4n) is 3.65. The molecule has 0 aliphatic carbocycles. The molecule has 27 heavy (non-hydrogen) atoms. The van der Waals surface area contributed by atoms with Gasteiger partial charge in [0.05, 0.1) is 6.54 Å². The van der Waals surface area contributed by atoms with Crippen LogP contribution in [-0.2, 0) is 11.3 Å². The van der Waals surface area contributed by atoms with E-state index < -0.39 is 0 Å². The van der Waals surface area contributed by atoms with Crippen molar-refractivity contribution in [2.75, 3.05) is 31.5 Å². The van der Waals surface area contributed by atoms with E-state index in [2.05, 4.69) is 34.0 Å². The van der Waals surface area contributed by atoms with Crippen LogP contribution in [-0.4, -0.2) is 52.4 Å². The lowest BCUT2D eigenvalue weighted by Crippen LogP contribution is -2.41. The minimum atomic E-state index is -0.0608. The van der Waals surface area contributed by atoms with E-state index in [1.807, 2.05) is 32.0 Å². The van der Waals surface area contributed by atoms with Crippen LogP contribution in [0.2, 0.25) is 0 Å². The third-order valence-corrected chi connectivity index (χ3v) is 5.26. The number of carbonyl (C=O) groups excluding carboxylic acids is 2. The Morgan fingerprint density at radius 1 is 1.15 bits per heavy atom. The molecule has 0 bridgehead atoms. The highest BCUT2D eigenvalue weighted by molar-refractivity contribution is 5.97. The van der Waals surface area contributed by atoms with Gasteiger partial charge in [-0.3, -0.25) is 14.5 Å². The summed E-state index contributed by atoms with van der Waals surface area (Å²) >= 11 is 0. The van der Waals surface area contributed by atoms with Gasteiger partial charge in [-0.25, -0.2) is 0 Å². The summed E-state index contributed by atoms with van der Waals surface area (Å²) in [5.41, 5.74) is 2.49. The standard InChI is InChI=1S/C21H28N4O2/c1-4-23(5-2)21(27)17-8-6-9-18(14-17)22-20(26)15-25-13-12-24-11-7-10-19(24)16(25)3/h6-11,14,16H,4-5,12-13,15H2,1-3H3,(H,22,26). The Hall–Kier alpha value is -2.60. The van der Waals surface area contributed by atoms with E-state index >= 15 is 0 Å². The third-order valence-electron chi connectivity index (χ3n) is 5.26. The van der Waals surface area contributed by atoms with Gasteiger partial charge in [-0.15, -0.1) is 0 Å². The fraction of sp³-hybridized carbons (Fsp3) is 0.429. The van der Waals surface area contributed by atoms with Crippen LogP contribution in [0.5, 0.6) is 0 Å². The van der Waals surface area contributed by atoms with Crippen LogP contribution in [0.15, 0.2) is 42.6 Å². The van der Waals surface area contributed by atoms with Gasteiger partial charge < -0.3 is 14.8 Å². The summed E-state index contributed by atoms with van der Waals surface area (Å²) in [5.74, 6) is -0.0733. The molecule has 6 heteroatoms. The van der Waals surface area contributed by atoms with Gasteiger partial charge in [0.2, 0.25) is 5.91 Å². The molecule has 144 valence electrons. The number of hydrogen-bond donors (Lipinski definition) is 1. The monoisotopic (exact) mass is 368 g/mol. The van der Waals surface area contributed by atoms with Crippen molar-refractivity contribution in [3.05, 3.63) is 53.9 Å². The Morgan fingerprint density at radius 3 is 2.67 bits per heavy atom. The van der Waals surface area contributed by atoms with Gasteiger partial charge in [-0.2, -0.15) is 0 Å². The predicted molar refractivity (Wildman–Crippen MR) is 107 cm³/mol. The Labute approximate surface area is 160 Å². The average Bonchev–Trinajstić information content (AvgIpc) is 3.15. The number of aromatic nitrogens is 1. The second-order valence-corrected chi connectivity index (χ2v) is 6.88. The molecule has 2 heterocycles. The fourth-order valence-corrected chi connectivity index (χ4v) is 3.65. The average molecular weight is 368 g/mol. The van der Waals surface area contributed by atoms with Crippen molar-refractivity contribution in [2.24, 2.45) is 0 Å². The first-order chi connectivity index (χ1) is 13.0. The summed E-state index contributed by atoms with van der Waals surface area (Å²) in [7, 11) is 0. The lowest BCUT2D eigenvalue weighted by molar-refractivity contribution is -0.118. The van der Waals surface area contributed by atoms with Crippen molar-refractivity contribution in [1.29, 1.82) is 0 Å². The van der Waals surface area contributed by atoms with Crippen LogP contribution in [0, 0.1) is 0 Å². The zero-order valence-corrected chi connectivity index (χ0v) is 16.3. The molecule has 0 saturated carbocycles. The van der Waals surface area contributed by atoms with Crippen LogP contribution in [0.1, 0.15) is 42.9 Å². The lowest BCUT2D eigenvalue weighted by atomic mass is 10.1. The van der Waals surface area contributed by atoms with Crippen molar-refractivity contribution >= 4 is 17.5 Å². The molecule has 2 amide bonds. The molecule has 1 unspecified atom stereocenters. The van der Waals surface area contributed by atoms with Gasteiger partial charge in [-0.05, 0) is 51.1 Å². The summed E-state index contributed by atoms with van der Waals surface area (Å²) in [6.45, 7) is 9.46. The minimum Gasteiger partial charge on any atom is -0.349 e. The quantitative estimate of drug-likeness (QED) is 0.853. The number of amides is 2. The van der Waals surface area contributed by atoms with Crippen molar-refractivity contribution in [3.63, 3.8) is 0 Å². The molecular formula is C21H28N4O2. The molecule has 6 nitrogen and oxygen atoms in total. The molecule has 2 aromatic rings. The number of benzene rings is 1. The summed E-state index contributed by atoms with van der Waals surface area (Å²) in [5, 5.41) is 2.94. The molecule has 1 aromatic carbocycles. The van der Waals surface area contributed by atoms with Crippen LogP contribution >= 0.6 is 0 Å². The number of rotatable bonds is 6. The van der Waals surface area contributed by atoms with Crippen molar-refractivity contribution in [1.82, 2.24) is 14.4 Å². The largest absolute Gasteiger partial charge is 0.349 e. The van der Waals surface area contributed by atoms with Crippen molar-refractivity contribution in [2.45, 2.75) is 33.4 Å². The number of hydrogen-bond acceptors (Lipinski definition) is 3. The maximum atomic E-state index is 12.5. The number of fused-ring (bicyclic) bond motifs is 1. The lowest BCUT2D eigenvalue weighted by Gasteiger charge is -2.34. The molecule has 0 radical (unpaired) electrons. The van der Waals surface area contributed by atoms with E-state index in [4.69, 9.17) is 0 Å². The number of carbonyl (C=O) groups is 2. The SMILES string of the molecule is CCN(CC)C(=O)c1cccc(NC(=O)CN2CCn3cccc3C2C)c1. The smallest absolute Gasteiger partial charge is 0.253 e. The molecule has 0 spiro atoms. The van der Waals surface area contributed by atoms with E-state index in [9.17, 15) is 9.59 Å². The topological polar surface area (TPSA) is 57.6 Å². The Morgan fingerprint density at radius 2 is 1.93 bits per heavy atom. The van der Waals surface area contributed by atoms with Gasteiger partial charge in [0.15, 0.2) is 0 Å². The summed E-state index contributed by atoms with van der Waals surface area (Å²) < 4.78 is 2.24. The number of anilines is 1. The van der Waals surface area contributed by atoms with Crippen LogP contribution < -0.4 is 5.32 Å². The van der Waals surface area contributed by atoms with Crippen molar-refractivity contribution in [3.8, 4) is 0 Å². The van der Waals surface area contributed by atoms with Gasteiger partial charge in [0.25, 0.3) is 5.91 Å². The molecule has 1 aliphatic rings.